The molecule has 7 rings (SSSR count). The van der Waals surface area contributed by atoms with Crippen LogP contribution in [0, 0.1) is 48.5 Å². The molecule has 0 amide bonds. The van der Waals surface area contributed by atoms with Crippen molar-refractivity contribution in [3.05, 3.63) is 111 Å². The Bertz CT molecular complexity index is 2180. The fourth-order valence-corrected chi connectivity index (χ4v) is 6.50. The van der Waals surface area contributed by atoms with E-state index in [2.05, 4.69) is 136 Å². The lowest BCUT2D eigenvalue weighted by Gasteiger charge is -2.27. The van der Waals surface area contributed by atoms with Crippen LogP contribution in [0.2, 0.25) is 0 Å². The first kappa shape index (κ1) is 25.3. The van der Waals surface area contributed by atoms with Gasteiger partial charge in [0, 0.05) is 23.0 Å². The maximum absolute atomic E-state index is 5.34. The minimum Gasteiger partial charge on any atom is -0.304 e. The van der Waals surface area contributed by atoms with E-state index >= 15 is 0 Å². The topological polar surface area (TPSA) is 37.8 Å². The van der Waals surface area contributed by atoms with Crippen LogP contribution in [0.5, 0.6) is 0 Å². The molecule has 0 N–H and O–H groups in total. The Balaban J connectivity index is 1.57. The van der Waals surface area contributed by atoms with Crippen molar-refractivity contribution in [2.45, 2.75) is 54.9 Å². The van der Waals surface area contributed by atoms with Crippen LogP contribution in [-0.4, -0.2) is 18.8 Å². The number of aromatic nitrogens is 4. The predicted molar refractivity (Wildman–Crippen MR) is 171 cm³/mol. The number of imidazole rings is 2. The van der Waals surface area contributed by atoms with Crippen molar-refractivity contribution in [1.82, 2.24) is 18.8 Å². The minimum absolute atomic E-state index is 0.859. The van der Waals surface area contributed by atoms with Crippen LogP contribution in [0.1, 0.15) is 45.4 Å². The second-order valence-electron chi connectivity index (χ2n) is 11.5. The molecule has 4 heterocycles. The zero-order chi connectivity index (χ0) is 28.6. The molecule has 204 valence electrons. The number of hydrogen-bond donors (Lipinski definition) is 0. The predicted octanol–water partition coefficient (Wildman–Crippen LogP) is 7.28. The highest BCUT2D eigenvalue weighted by Gasteiger charge is 2.26. The fraction of sp³-hybridized carbons (Fsp3) is 0.222. The quantitative estimate of drug-likeness (QED) is 0.238. The lowest BCUT2D eigenvalue weighted by atomic mass is 9.92. The number of pyridine rings is 2. The molecule has 41 heavy (non-hydrogen) atoms. The zero-order valence-corrected chi connectivity index (χ0v) is 24.9. The van der Waals surface area contributed by atoms with E-state index in [4.69, 9.17) is 9.97 Å². The molecule has 2 aromatic carbocycles. The van der Waals surface area contributed by atoms with Gasteiger partial charge in [-0.3, -0.25) is 4.90 Å². The second-order valence-corrected chi connectivity index (χ2v) is 11.5. The normalized spacial score (nSPS) is 13.0. The third-order valence-corrected chi connectivity index (χ3v) is 9.15. The Hall–Kier alpha value is -4.64. The van der Waals surface area contributed by atoms with Gasteiger partial charge in [0.1, 0.15) is 11.3 Å². The molecule has 0 radical (unpaired) electrons. The monoisotopic (exact) mass is 537 g/mol. The molecule has 0 saturated carbocycles. The summed E-state index contributed by atoms with van der Waals surface area (Å²) in [6, 6.07) is 8.53. The van der Waals surface area contributed by atoms with Gasteiger partial charge in [-0.05, 0) is 104 Å². The Labute approximate surface area is 240 Å². The van der Waals surface area contributed by atoms with Crippen molar-refractivity contribution in [2.24, 2.45) is 0 Å². The van der Waals surface area contributed by atoms with Gasteiger partial charge in [-0.1, -0.05) is 48.6 Å². The lowest BCUT2D eigenvalue weighted by molar-refractivity contribution is 1.10. The Kier molecular flexibility index (Phi) is 5.69. The molecular weight excluding hydrogens is 502 g/mol. The highest BCUT2D eigenvalue weighted by atomic mass is 15.3. The summed E-state index contributed by atoms with van der Waals surface area (Å²) >= 11 is 0. The molecule has 6 aromatic rings. The van der Waals surface area contributed by atoms with Gasteiger partial charge in [0.2, 0.25) is 0 Å². The third kappa shape index (κ3) is 3.76. The Morgan fingerprint density at radius 3 is 1.93 bits per heavy atom. The van der Waals surface area contributed by atoms with E-state index in [0.717, 1.165) is 40.4 Å². The van der Waals surface area contributed by atoms with Crippen LogP contribution in [-0.2, 0) is 0 Å². The number of fused-ring (bicyclic) bond motifs is 6. The summed E-state index contributed by atoms with van der Waals surface area (Å²) in [6.07, 6.45) is 18.4. The second kappa shape index (κ2) is 9.20. The molecule has 5 heteroatoms. The number of hydrogen-bond acceptors (Lipinski definition) is 3. The van der Waals surface area contributed by atoms with E-state index in [9.17, 15) is 0 Å². The van der Waals surface area contributed by atoms with Crippen molar-refractivity contribution in [1.29, 1.82) is 0 Å². The molecule has 0 atom stereocenters. The molecule has 0 spiro atoms. The number of aryl methyl sites for hydroxylation is 2. The average Bonchev–Trinajstić information content (AvgIpc) is 3.49. The maximum atomic E-state index is 5.34. The maximum Gasteiger partial charge on any atom is 0.158 e. The largest absolute Gasteiger partial charge is 0.304 e. The molecule has 4 aromatic heterocycles. The van der Waals surface area contributed by atoms with Crippen molar-refractivity contribution < 1.29 is 0 Å². The van der Waals surface area contributed by atoms with E-state index in [1.165, 1.54) is 54.8 Å². The van der Waals surface area contributed by atoms with Gasteiger partial charge in [0.25, 0.3) is 0 Å². The van der Waals surface area contributed by atoms with Gasteiger partial charge in [-0.15, -0.1) is 0 Å². The number of allylic oxidation sites excluding steroid dienone is 2. The molecule has 1 aliphatic rings. The third-order valence-electron chi connectivity index (χ3n) is 9.15. The molecule has 0 bridgehead atoms. The summed E-state index contributed by atoms with van der Waals surface area (Å²) in [5.41, 5.74) is 12.0. The van der Waals surface area contributed by atoms with Gasteiger partial charge >= 0.3 is 0 Å². The molecule has 0 fully saturated rings. The van der Waals surface area contributed by atoms with Gasteiger partial charge < -0.3 is 8.80 Å². The smallest absolute Gasteiger partial charge is 0.158 e. The van der Waals surface area contributed by atoms with E-state index < -0.39 is 0 Å². The molecule has 0 unspecified atom stereocenters. The van der Waals surface area contributed by atoms with Crippen LogP contribution >= 0.6 is 0 Å². The van der Waals surface area contributed by atoms with Gasteiger partial charge in [0.05, 0.1) is 18.1 Å². The molecule has 0 aliphatic heterocycles. The lowest BCUT2D eigenvalue weighted by Crippen LogP contribution is -2.29. The summed E-state index contributed by atoms with van der Waals surface area (Å²) in [5.74, 6) is 1.72. The molecular formula is C36H35N5. The Morgan fingerprint density at radius 1 is 0.634 bits per heavy atom. The first-order chi connectivity index (χ1) is 19.7. The molecule has 1 aliphatic carbocycles. The highest BCUT2D eigenvalue weighted by Crippen LogP contribution is 2.41. The van der Waals surface area contributed by atoms with E-state index in [1.54, 1.807) is 0 Å². The van der Waals surface area contributed by atoms with Crippen molar-refractivity contribution >= 4 is 51.5 Å². The van der Waals surface area contributed by atoms with Crippen molar-refractivity contribution in [3.8, 4) is 0 Å². The zero-order valence-electron chi connectivity index (χ0n) is 24.9. The van der Waals surface area contributed by atoms with E-state index in [-0.39, 0.29) is 0 Å². The van der Waals surface area contributed by atoms with Gasteiger partial charge in [-0.2, -0.15) is 0 Å². The van der Waals surface area contributed by atoms with Crippen LogP contribution in [0.25, 0.3) is 34.2 Å². The number of benzene rings is 2. The average molecular weight is 538 g/mol. The van der Waals surface area contributed by atoms with Crippen LogP contribution in [0.3, 0.4) is 0 Å². The number of rotatable bonds is 3. The summed E-state index contributed by atoms with van der Waals surface area (Å²) in [4.78, 5) is 12.9. The molecule has 5 nitrogen and oxygen atoms in total. The summed E-state index contributed by atoms with van der Waals surface area (Å²) < 4.78 is 4.35. The van der Waals surface area contributed by atoms with Crippen LogP contribution in [0.15, 0.2) is 61.2 Å². The highest BCUT2D eigenvalue weighted by molar-refractivity contribution is 5.97. The van der Waals surface area contributed by atoms with E-state index in [1.807, 2.05) is 0 Å². The van der Waals surface area contributed by atoms with Crippen LogP contribution < -0.4 is 15.3 Å². The standard InChI is InChI=1S/C36H35N5/c1-21-17-39-19-32(37-35(39)30-15-10-8-9-13-28(21)30)41(34-26(6)24(4)23(3)25(5)27(34)7)33-20-40-18-22(2)29-14-11-12-16-31(29)36(40)38-33/h8-9,11-20H,10H2,1-7H3. The number of nitrogens with zero attached hydrogens (tertiary/aromatic N) is 5. The Morgan fingerprint density at radius 2 is 1.22 bits per heavy atom. The first-order valence-electron chi connectivity index (χ1n) is 14.3. The SMILES string of the molecule is Cc1c(C)c(C)c(N(c2cn3cc(C)c4c(c3n2)=CCC=CC=4)c2cn3cc(C)c4ccccc4c3n2)c(C)c1C. The minimum atomic E-state index is 0.859. The van der Waals surface area contributed by atoms with E-state index in [0.29, 0.717) is 0 Å². The van der Waals surface area contributed by atoms with Crippen LogP contribution in [0.4, 0.5) is 17.3 Å². The van der Waals surface area contributed by atoms with Crippen molar-refractivity contribution in [2.75, 3.05) is 4.90 Å². The van der Waals surface area contributed by atoms with Gasteiger partial charge in [-0.25, -0.2) is 9.97 Å². The number of anilines is 3. The fourth-order valence-electron chi connectivity index (χ4n) is 6.50. The van der Waals surface area contributed by atoms with Gasteiger partial charge in [0.15, 0.2) is 11.6 Å². The summed E-state index contributed by atoms with van der Waals surface area (Å²) in [6.45, 7) is 15.5. The summed E-state index contributed by atoms with van der Waals surface area (Å²) in [7, 11) is 0. The first-order valence-corrected chi connectivity index (χ1v) is 14.3. The molecule has 0 saturated heterocycles. The van der Waals surface area contributed by atoms with Crippen molar-refractivity contribution in [3.63, 3.8) is 0 Å². The summed E-state index contributed by atoms with van der Waals surface area (Å²) in [5, 5.41) is 4.79.